The van der Waals surface area contributed by atoms with Crippen LogP contribution in [0.3, 0.4) is 0 Å². The third kappa shape index (κ3) is 4.64. The summed E-state index contributed by atoms with van der Waals surface area (Å²) in [5.74, 6) is -1.37. The van der Waals surface area contributed by atoms with Gasteiger partial charge >= 0.3 is 0 Å². The van der Waals surface area contributed by atoms with Gasteiger partial charge in [0.15, 0.2) is 0 Å². The minimum Gasteiger partial charge on any atom is -0.340 e. The molecular formula is C22H21F2N5O3S. The Labute approximate surface area is 192 Å². The fourth-order valence-electron chi connectivity index (χ4n) is 4.22. The van der Waals surface area contributed by atoms with Crippen molar-refractivity contribution in [3.8, 4) is 10.7 Å². The number of carbonyl (C=O) groups excluding carboxylic acids is 2. The van der Waals surface area contributed by atoms with Crippen LogP contribution < -0.4 is 4.90 Å². The van der Waals surface area contributed by atoms with Crippen LogP contribution in [0.1, 0.15) is 12.3 Å². The lowest BCUT2D eigenvalue weighted by molar-refractivity contribution is -0.137. The topological polar surface area (TPSA) is 82.8 Å². The Morgan fingerprint density at radius 2 is 1.91 bits per heavy atom. The predicted molar refractivity (Wildman–Crippen MR) is 116 cm³/mol. The van der Waals surface area contributed by atoms with Crippen LogP contribution in [0, 0.1) is 17.6 Å². The molecular weight excluding hydrogens is 452 g/mol. The summed E-state index contributed by atoms with van der Waals surface area (Å²) >= 11 is 1.54. The first-order valence-electron chi connectivity index (χ1n) is 10.6. The monoisotopic (exact) mass is 473 g/mol. The highest BCUT2D eigenvalue weighted by Crippen LogP contribution is 2.28. The zero-order valence-corrected chi connectivity index (χ0v) is 18.4. The summed E-state index contributed by atoms with van der Waals surface area (Å²) < 4.78 is 32.5. The largest absolute Gasteiger partial charge is 0.340 e. The molecule has 2 amide bonds. The normalized spacial score (nSPS) is 19.5. The fraction of sp³-hybridized carbons (Fsp3) is 0.364. The highest BCUT2D eigenvalue weighted by Gasteiger charge is 2.38. The number of rotatable bonds is 5. The first-order valence-corrected chi connectivity index (χ1v) is 11.5. The van der Waals surface area contributed by atoms with Gasteiger partial charge in [-0.2, -0.15) is 4.98 Å². The van der Waals surface area contributed by atoms with E-state index in [0.29, 0.717) is 44.4 Å². The van der Waals surface area contributed by atoms with Gasteiger partial charge in [0, 0.05) is 50.9 Å². The lowest BCUT2D eigenvalue weighted by Gasteiger charge is -2.35. The van der Waals surface area contributed by atoms with Crippen LogP contribution in [-0.2, 0) is 16.1 Å². The van der Waals surface area contributed by atoms with Gasteiger partial charge in [0.25, 0.3) is 0 Å². The smallest absolute Gasteiger partial charge is 0.241 e. The number of amides is 2. The highest BCUT2D eigenvalue weighted by atomic mass is 32.1. The summed E-state index contributed by atoms with van der Waals surface area (Å²) in [6.07, 6.45) is 0.0324. The van der Waals surface area contributed by atoms with Crippen molar-refractivity contribution in [1.82, 2.24) is 19.9 Å². The van der Waals surface area contributed by atoms with Crippen molar-refractivity contribution in [3.63, 3.8) is 0 Å². The Balaban J connectivity index is 1.15. The van der Waals surface area contributed by atoms with Gasteiger partial charge in [0.1, 0.15) is 11.6 Å². The Morgan fingerprint density at radius 3 is 2.61 bits per heavy atom. The first kappa shape index (κ1) is 21.7. The molecule has 0 N–H and O–H groups in total. The molecule has 2 aromatic heterocycles. The Kier molecular flexibility index (Phi) is 5.90. The summed E-state index contributed by atoms with van der Waals surface area (Å²) in [7, 11) is 0. The van der Waals surface area contributed by atoms with Crippen LogP contribution in [0.5, 0.6) is 0 Å². The number of carbonyl (C=O) groups is 2. The maximum atomic E-state index is 13.5. The van der Waals surface area contributed by atoms with Crippen molar-refractivity contribution < 1.29 is 22.9 Å². The second-order valence-corrected chi connectivity index (χ2v) is 9.07. The second kappa shape index (κ2) is 8.99. The van der Waals surface area contributed by atoms with E-state index in [-0.39, 0.29) is 30.5 Å². The molecule has 2 fully saturated rings. The van der Waals surface area contributed by atoms with Crippen molar-refractivity contribution in [2.24, 2.45) is 5.92 Å². The van der Waals surface area contributed by atoms with Gasteiger partial charge in [-0.05, 0) is 23.6 Å². The summed E-state index contributed by atoms with van der Waals surface area (Å²) in [4.78, 5) is 36.0. The number of benzene rings is 1. The molecule has 3 aromatic rings. The molecule has 2 aliphatic rings. The zero-order chi connectivity index (χ0) is 22.9. The van der Waals surface area contributed by atoms with Crippen LogP contribution >= 0.6 is 11.3 Å². The molecule has 1 aromatic carbocycles. The van der Waals surface area contributed by atoms with E-state index in [2.05, 4.69) is 15.0 Å². The van der Waals surface area contributed by atoms with Gasteiger partial charge < -0.3 is 14.3 Å². The molecule has 0 aliphatic carbocycles. The molecule has 0 radical (unpaired) electrons. The zero-order valence-electron chi connectivity index (χ0n) is 17.6. The fourth-order valence-corrected chi connectivity index (χ4v) is 4.87. The van der Waals surface area contributed by atoms with Crippen LogP contribution in [0.4, 0.5) is 14.5 Å². The Morgan fingerprint density at radius 1 is 1.15 bits per heavy atom. The van der Waals surface area contributed by atoms with Crippen molar-refractivity contribution in [1.29, 1.82) is 0 Å². The van der Waals surface area contributed by atoms with Crippen molar-refractivity contribution in [2.75, 3.05) is 37.6 Å². The van der Waals surface area contributed by atoms with Crippen molar-refractivity contribution >= 4 is 28.8 Å². The minimum absolute atomic E-state index is 0.0324. The quantitative estimate of drug-likeness (QED) is 0.567. The Bertz CT molecular complexity index is 1140. The number of hydrogen-bond acceptors (Lipinski definition) is 7. The molecule has 0 bridgehead atoms. The van der Waals surface area contributed by atoms with Gasteiger partial charge in [-0.3, -0.25) is 14.5 Å². The van der Waals surface area contributed by atoms with E-state index in [9.17, 15) is 18.4 Å². The standard InChI is InChI=1S/C22H21F2N5O3S/c23-15-9-16(24)11-17(10-15)29-12-14(8-20(29)30)22(31)28-5-3-27(4-6-28)13-19-25-21(26-32-19)18-2-1-7-33-18/h1-2,7,9-11,14H,3-6,8,12-13H2. The number of aromatic nitrogens is 2. The van der Waals surface area contributed by atoms with Gasteiger partial charge in [0.05, 0.1) is 17.3 Å². The summed E-state index contributed by atoms with van der Waals surface area (Å²) in [5.41, 5.74) is 0.138. The minimum atomic E-state index is -0.757. The van der Waals surface area contributed by atoms with Gasteiger partial charge in [-0.25, -0.2) is 8.78 Å². The molecule has 5 rings (SSSR count). The molecule has 0 saturated carbocycles. The van der Waals surface area contributed by atoms with Crippen molar-refractivity contribution in [2.45, 2.75) is 13.0 Å². The number of anilines is 1. The van der Waals surface area contributed by atoms with Crippen LogP contribution in [0.25, 0.3) is 10.7 Å². The molecule has 172 valence electrons. The van der Waals surface area contributed by atoms with Crippen LogP contribution in [0.15, 0.2) is 40.2 Å². The summed E-state index contributed by atoms with van der Waals surface area (Å²) in [5, 5.41) is 5.97. The average molecular weight is 474 g/mol. The highest BCUT2D eigenvalue weighted by molar-refractivity contribution is 7.13. The van der Waals surface area contributed by atoms with E-state index in [4.69, 9.17) is 4.52 Å². The molecule has 11 heteroatoms. The Hall–Kier alpha value is -3.18. The molecule has 4 heterocycles. The van der Waals surface area contributed by atoms with E-state index in [1.165, 1.54) is 4.90 Å². The van der Waals surface area contributed by atoms with E-state index < -0.39 is 17.6 Å². The lowest BCUT2D eigenvalue weighted by atomic mass is 10.1. The molecule has 1 atom stereocenters. The van der Waals surface area contributed by atoms with Gasteiger partial charge in [-0.1, -0.05) is 11.2 Å². The number of piperazine rings is 1. The van der Waals surface area contributed by atoms with Gasteiger partial charge in [-0.15, -0.1) is 11.3 Å². The number of nitrogens with zero attached hydrogens (tertiary/aromatic N) is 5. The van der Waals surface area contributed by atoms with E-state index in [1.54, 1.807) is 16.2 Å². The van der Waals surface area contributed by atoms with E-state index in [1.807, 2.05) is 17.5 Å². The maximum absolute atomic E-state index is 13.5. The molecule has 8 nitrogen and oxygen atoms in total. The van der Waals surface area contributed by atoms with Crippen LogP contribution in [0.2, 0.25) is 0 Å². The van der Waals surface area contributed by atoms with Crippen LogP contribution in [-0.4, -0.2) is 64.5 Å². The molecule has 2 aliphatic heterocycles. The molecule has 2 saturated heterocycles. The molecule has 1 unspecified atom stereocenters. The van der Waals surface area contributed by atoms with E-state index >= 15 is 0 Å². The summed E-state index contributed by atoms with van der Waals surface area (Å²) in [6.45, 7) is 2.94. The van der Waals surface area contributed by atoms with Crippen molar-refractivity contribution in [3.05, 3.63) is 53.2 Å². The lowest BCUT2D eigenvalue weighted by Crippen LogP contribution is -2.50. The predicted octanol–water partition coefficient (Wildman–Crippen LogP) is 2.77. The molecule has 0 spiro atoms. The second-order valence-electron chi connectivity index (χ2n) is 8.12. The SMILES string of the molecule is O=C(C1CC(=O)N(c2cc(F)cc(F)c2)C1)N1CCN(Cc2nc(-c3cccs3)no2)CC1. The third-order valence-electron chi connectivity index (χ3n) is 5.89. The number of hydrogen-bond donors (Lipinski definition) is 0. The molecule has 33 heavy (non-hydrogen) atoms. The summed E-state index contributed by atoms with van der Waals surface area (Å²) in [6, 6.07) is 6.83. The third-order valence-corrected chi connectivity index (χ3v) is 6.75. The first-order chi connectivity index (χ1) is 16.0. The van der Waals surface area contributed by atoms with Gasteiger partial charge in [0.2, 0.25) is 23.5 Å². The number of halogens is 2. The number of thiophene rings is 1. The van der Waals surface area contributed by atoms with E-state index in [0.717, 1.165) is 23.1 Å². The maximum Gasteiger partial charge on any atom is 0.241 e. The average Bonchev–Trinajstić information content (AvgIpc) is 3.54.